The molecule has 3 rings (SSSR count). The van der Waals surface area contributed by atoms with Crippen LogP contribution < -0.4 is 5.32 Å². The highest BCUT2D eigenvalue weighted by molar-refractivity contribution is 5.82. The van der Waals surface area contributed by atoms with E-state index in [1.165, 1.54) is 6.42 Å². The molecule has 19 heavy (non-hydrogen) atoms. The van der Waals surface area contributed by atoms with Gasteiger partial charge in [0.05, 0.1) is 18.8 Å². The quantitative estimate of drug-likeness (QED) is 0.709. The maximum atomic E-state index is 12.4. The molecule has 3 atom stereocenters. The summed E-state index contributed by atoms with van der Waals surface area (Å²) in [6.45, 7) is 3.31. The largest absolute Gasteiger partial charge is 0.389 e. The van der Waals surface area contributed by atoms with E-state index in [1.54, 1.807) is 0 Å². The monoisotopic (exact) mass is 268 g/mol. The van der Waals surface area contributed by atoms with Crippen molar-refractivity contribution in [3.63, 3.8) is 0 Å². The highest BCUT2D eigenvalue weighted by Crippen LogP contribution is 2.39. The van der Waals surface area contributed by atoms with Crippen molar-refractivity contribution in [1.29, 1.82) is 0 Å². The Morgan fingerprint density at radius 2 is 2.26 bits per heavy atom. The number of hydrogen-bond acceptors (Lipinski definition) is 4. The topological polar surface area (TPSA) is 61.8 Å². The minimum atomic E-state index is -0.508. The number of fused-ring (bicyclic) bond motifs is 1. The fourth-order valence-corrected chi connectivity index (χ4v) is 3.72. The summed E-state index contributed by atoms with van der Waals surface area (Å²) in [4.78, 5) is 14.4. The second-order valence-corrected chi connectivity index (χ2v) is 6.16. The summed E-state index contributed by atoms with van der Waals surface area (Å²) < 4.78 is 5.36. The van der Waals surface area contributed by atoms with Gasteiger partial charge >= 0.3 is 0 Å². The standard InChI is InChI=1S/C14H24N2O3/c17-13(12-10-19-8-6-15-12)16-7-5-14(18)4-2-1-3-11(14)9-16/h11-12,15,18H,1-10H2. The van der Waals surface area contributed by atoms with E-state index in [4.69, 9.17) is 4.74 Å². The van der Waals surface area contributed by atoms with Gasteiger partial charge in [-0.25, -0.2) is 0 Å². The van der Waals surface area contributed by atoms with Crippen LogP contribution >= 0.6 is 0 Å². The van der Waals surface area contributed by atoms with E-state index in [0.717, 1.165) is 32.2 Å². The van der Waals surface area contributed by atoms with E-state index in [9.17, 15) is 9.90 Å². The number of carbonyl (C=O) groups is 1. The molecule has 2 heterocycles. The predicted molar refractivity (Wildman–Crippen MR) is 70.7 cm³/mol. The average Bonchev–Trinajstić information content (AvgIpc) is 2.46. The number of morpholine rings is 1. The van der Waals surface area contributed by atoms with E-state index in [0.29, 0.717) is 26.3 Å². The molecule has 2 saturated heterocycles. The number of aliphatic hydroxyl groups is 1. The molecule has 1 aliphatic carbocycles. The number of piperidine rings is 1. The van der Waals surface area contributed by atoms with Crippen LogP contribution in [0.2, 0.25) is 0 Å². The molecule has 108 valence electrons. The van der Waals surface area contributed by atoms with E-state index < -0.39 is 5.60 Å². The number of nitrogens with one attached hydrogen (secondary N) is 1. The lowest BCUT2D eigenvalue weighted by molar-refractivity contribution is -0.148. The zero-order valence-corrected chi connectivity index (χ0v) is 11.4. The minimum absolute atomic E-state index is 0.146. The van der Waals surface area contributed by atoms with Crippen molar-refractivity contribution < 1.29 is 14.6 Å². The molecule has 0 bridgehead atoms. The first-order chi connectivity index (χ1) is 9.19. The third-order valence-electron chi connectivity index (χ3n) is 4.96. The van der Waals surface area contributed by atoms with Crippen molar-refractivity contribution in [2.75, 3.05) is 32.8 Å². The third-order valence-corrected chi connectivity index (χ3v) is 4.96. The van der Waals surface area contributed by atoms with Crippen LogP contribution in [-0.2, 0) is 9.53 Å². The van der Waals surface area contributed by atoms with Crippen molar-refractivity contribution in [1.82, 2.24) is 10.2 Å². The van der Waals surface area contributed by atoms with Gasteiger partial charge in [-0.1, -0.05) is 12.8 Å². The van der Waals surface area contributed by atoms with Crippen LogP contribution in [0.3, 0.4) is 0 Å². The molecule has 0 spiro atoms. The Balaban J connectivity index is 1.62. The number of amides is 1. The van der Waals surface area contributed by atoms with Gasteiger partial charge in [-0.05, 0) is 19.3 Å². The normalized spacial score (nSPS) is 39.7. The van der Waals surface area contributed by atoms with Gasteiger partial charge < -0.3 is 20.1 Å². The summed E-state index contributed by atoms with van der Waals surface area (Å²) in [7, 11) is 0. The minimum Gasteiger partial charge on any atom is -0.389 e. The smallest absolute Gasteiger partial charge is 0.242 e. The Bertz CT molecular complexity index is 344. The number of ether oxygens (including phenoxy) is 1. The van der Waals surface area contributed by atoms with Crippen molar-refractivity contribution in [3.05, 3.63) is 0 Å². The molecule has 1 saturated carbocycles. The van der Waals surface area contributed by atoms with Gasteiger partial charge in [0.1, 0.15) is 6.04 Å². The Hall–Kier alpha value is -0.650. The number of nitrogens with zero attached hydrogens (tertiary/aromatic N) is 1. The second-order valence-electron chi connectivity index (χ2n) is 6.16. The van der Waals surface area contributed by atoms with E-state index >= 15 is 0 Å². The van der Waals surface area contributed by atoms with Gasteiger partial charge in [0.2, 0.25) is 5.91 Å². The average molecular weight is 268 g/mol. The Labute approximate surface area is 114 Å². The first-order valence-corrected chi connectivity index (χ1v) is 7.51. The molecule has 5 nitrogen and oxygen atoms in total. The molecule has 2 aliphatic heterocycles. The van der Waals surface area contributed by atoms with Crippen molar-refractivity contribution in [3.8, 4) is 0 Å². The molecule has 0 aromatic heterocycles. The van der Waals surface area contributed by atoms with Gasteiger partial charge in [0, 0.05) is 25.6 Å². The Kier molecular flexibility index (Phi) is 3.78. The predicted octanol–water partition coefficient (Wildman–Crippen LogP) is 0.128. The molecular weight excluding hydrogens is 244 g/mol. The fourth-order valence-electron chi connectivity index (χ4n) is 3.72. The van der Waals surface area contributed by atoms with Crippen LogP contribution in [0.5, 0.6) is 0 Å². The molecule has 0 aromatic rings. The van der Waals surface area contributed by atoms with Crippen LogP contribution in [0.25, 0.3) is 0 Å². The van der Waals surface area contributed by atoms with Crippen LogP contribution in [0.1, 0.15) is 32.1 Å². The molecular formula is C14H24N2O3. The number of carbonyl (C=O) groups excluding carboxylic acids is 1. The SMILES string of the molecule is O=C(C1COCCN1)N1CCC2(O)CCCCC2C1. The van der Waals surface area contributed by atoms with E-state index in [2.05, 4.69) is 5.32 Å². The fraction of sp³-hybridized carbons (Fsp3) is 0.929. The summed E-state index contributed by atoms with van der Waals surface area (Å²) in [6, 6.07) is -0.191. The highest BCUT2D eigenvalue weighted by atomic mass is 16.5. The molecule has 3 aliphatic rings. The zero-order chi connectivity index (χ0) is 13.3. The summed E-state index contributed by atoms with van der Waals surface area (Å²) in [5, 5.41) is 13.8. The summed E-state index contributed by atoms with van der Waals surface area (Å²) >= 11 is 0. The lowest BCUT2D eigenvalue weighted by Gasteiger charge is -2.48. The Morgan fingerprint density at radius 1 is 1.37 bits per heavy atom. The lowest BCUT2D eigenvalue weighted by atomic mass is 9.71. The lowest BCUT2D eigenvalue weighted by Crippen LogP contribution is -2.59. The highest BCUT2D eigenvalue weighted by Gasteiger charge is 2.44. The maximum Gasteiger partial charge on any atom is 0.242 e. The van der Waals surface area contributed by atoms with Gasteiger partial charge in [0.25, 0.3) is 0 Å². The molecule has 3 fully saturated rings. The van der Waals surface area contributed by atoms with Gasteiger partial charge in [-0.3, -0.25) is 4.79 Å². The van der Waals surface area contributed by atoms with E-state index in [-0.39, 0.29) is 17.9 Å². The van der Waals surface area contributed by atoms with Crippen LogP contribution in [0.4, 0.5) is 0 Å². The zero-order valence-electron chi connectivity index (χ0n) is 11.4. The first-order valence-electron chi connectivity index (χ1n) is 7.51. The Morgan fingerprint density at radius 3 is 3.05 bits per heavy atom. The van der Waals surface area contributed by atoms with Gasteiger partial charge in [0.15, 0.2) is 0 Å². The number of hydrogen-bond donors (Lipinski definition) is 2. The molecule has 5 heteroatoms. The second kappa shape index (κ2) is 5.38. The van der Waals surface area contributed by atoms with Crippen molar-refractivity contribution >= 4 is 5.91 Å². The number of likely N-dealkylation sites (tertiary alicyclic amines) is 1. The van der Waals surface area contributed by atoms with E-state index in [1.807, 2.05) is 4.90 Å². The summed E-state index contributed by atoms with van der Waals surface area (Å²) in [5.41, 5.74) is -0.508. The third kappa shape index (κ3) is 2.64. The van der Waals surface area contributed by atoms with Crippen LogP contribution in [0.15, 0.2) is 0 Å². The molecule has 2 N–H and O–H groups in total. The molecule has 3 unspecified atom stereocenters. The summed E-state index contributed by atoms with van der Waals surface area (Å²) in [6.07, 6.45) is 5.00. The molecule has 0 radical (unpaired) electrons. The van der Waals surface area contributed by atoms with Gasteiger partial charge in [-0.15, -0.1) is 0 Å². The van der Waals surface area contributed by atoms with Crippen molar-refractivity contribution in [2.24, 2.45) is 5.92 Å². The van der Waals surface area contributed by atoms with Gasteiger partial charge in [-0.2, -0.15) is 0 Å². The van der Waals surface area contributed by atoms with Crippen molar-refractivity contribution in [2.45, 2.75) is 43.7 Å². The number of rotatable bonds is 1. The molecule has 1 amide bonds. The van der Waals surface area contributed by atoms with Crippen LogP contribution in [-0.4, -0.2) is 60.4 Å². The maximum absolute atomic E-state index is 12.4. The van der Waals surface area contributed by atoms with Crippen LogP contribution in [0, 0.1) is 5.92 Å². The first kappa shape index (κ1) is 13.3. The molecule has 0 aromatic carbocycles. The summed E-state index contributed by atoms with van der Waals surface area (Å²) in [5.74, 6) is 0.413.